The Morgan fingerprint density at radius 1 is 1.24 bits per heavy atom. The largest absolute Gasteiger partial charge is 0.508 e. The fourth-order valence-corrected chi connectivity index (χ4v) is 1.87. The number of phenolic OH excluding ortho intramolecular Hbond substituents is 2. The fourth-order valence-electron chi connectivity index (χ4n) is 1.87. The normalized spacial score (nSPS) is 17.5. The van der Waals surface area contributed by atoms with Crippen LogP contribution in [0.2, 0.25) is 0 Å². The van der Waals surface area contributed by atoms with Gasteiger partial charge in [-0.05, 0) is 12.1 Å². The zero-order valence-corrected chi connectivity index (χ0v) is 8.75. The van der Waals surface area contributed by atoms with Gasteiger partial charge in [0.25, 0.3) is 0 Å². The fraction of sp³-hybridized carbons (Fsp3) is 0.0909. The van der Waals surface area contributed by atoms with Crippen molar-refractivity contribution in [1.29, 1.82) is 0 Å². The van der Waals surface area contributed by atoms with Crippen molar-refractivity contribution in [3.05, 3.63) is 35.8 Å². The van der Waals surface area contributed by atoms with Crippen molar-refractivity contribution in [2.24, 2.45) is 4.99 Å². The van der Waals surface area contributed by atoms with Gasteiger partial charge < -0.3 is 20.5 Å². The number of H-pyrrole nitrogens is 1. The number of imidazole rings is 1. The van der Waals surface area contributed by atoms with E-state index in [-0.39, 0.29) is 17.5 Å². The molecule has 2 aromatic rings. The zero-order chi connectivity index (χ0) is 11.8. The summed E-state index contributed by atoms with van der Waals surface area (Å²) in [6, 6.07) is 4.11. The van der Waals surface area contributed by atoms with E-state index in [4.69, 9.17) is 0 Å². The Balaban J connectivity index is 2.10. The van der Waals surface area contributed by atoms with Crippen LogP contribution < -0.4 is 5.32 Å². The third-order valence-electron chi connectivity index (χ3n) is 2.68. The van der Waals surface area contributed by atoms with Gasteiger partial charge >= 0.3 is 0 Å². The minimum Gasteiger partial charge on any atom is -0.508 e. The molecule has 0 saturated heterocycles. The van der Waals surface area contributed by atoms with Crippen molar-refractivity contribution in [3.8, 4) is 11.5 Å². The Kier molecular flexibility index (Phi) is 2.01. The molecule has 3 rings (SSSR count). The summed E-state index contributed by atoms with van der Waals surface area (Å²) in [5, 5.41) is 22.0. The molecular weight excluding hydrogens is 220 g/mol. The third kappa shape index (κ3) is 1.50. The number of anilines is 1. The Morgan fingerprint density at radius 2 is 2.12 bits per heavy atom. The lowest BCUT2D eigenvalue weighted by Crippen LogP contribution is -2.11. The summed E-state index contributed by atoms with van der Waals surface area (Å²) in [5.74, 6) is 0.723. The van der Waals surface area contributed by atoms with Gasteiger partial charge in [0, 0.05) is 11.6 Å². The Bertz CT molecular complexity index is 591. The molecule has 0 bridgehead atoms. The molecule has 1 atom stereocenters. The topological polar surface area (TPSA) is 93.5 Å². The first-order valence-corrected chi connectivity index (χ1v) is 5.09. The summed E-state index contributed by atoms with van der Waals surface area (Å²) < 4.78 is 0. The van der Waals surface area contributed by atoms with E-state index in [1.165, 1.54) is 12.1 Å². The molecule has 86 valence electrons. The third-order valence-corrected chi connectivity index (χ3v) is 2.68. The maximum atomic E-state index is 9.82. The van der Waals surface area contributed by atoms with Crippen molar-refractivity contribution in [2.75, 3.05) is 5.32 Å². The molecule has 0 spiro atoms. The number of fused-ring (bicyclic) bond motifs is 1. The van der Waals surface area contributed by atoms with E-state index in [0.717, 1.165) is 5.69 Å². The van der Waals surface area contributed by atoms with Gasteiger partial charge in [-0.25, -0.2) is 4.98 Å². The number of benzene rings is 1. The highest BCUT2D eigenvalue weighted by molar-refractivity contribution is 5.78. The Labute approximate surface area is 96.7 Å². The number of rotatable bonds is 1. The Morgan fingerprint density at radius 3 is 2.94 bits per heavy atom. The predicted octanol–water partition coefficient (Wildman–Crippen LogP) is 1.36. The highest BCUT2D eigenvalue weighted by Gasteiger charge is 2.23. The number of aromatic nitrogens is 2. The van der Waals surface area contributed by atoms with E-state index >= 15 is 0 Å². The first kappa shape index (κ1) is 9.71. The summed E-state index contributed by atoms with van der Waals surface area (Å²) in [6.45, 7) is 0. The summed E-state index contributed by atoms with van der Waals surface area (Å²) in [6.07, 6.45) is 3.11. The molecule has 6 heteroatoms. The van der Waals surface area contributed by atoms with Crippen LogP contribution in [0.4, 0.5) is 5.82 Å². The monoisotopic (exact) mass is 230 g/mol. The van der Waals surface area contributed by atoms with Gasteiger partial charge in [0.2, 0.25) is 0 Å². The van der Waals surface area contributed by atoms with Gasteiger partial charge in [-0.3, -0.25) is 4.99 Å². The van der Waals surface area contributed by atoms with Crippen LogP contribution in [0.25, 0.3) is 0 Å². The maximum Gasteiger partial charge on any atom is 0.154 e. The maximum absolute atomic E-state index is 9.82. The van der Waals surface area contributed by atoms with Gasteiger partial charge in [0.15, 0.2) is 5.82 Å². The highest BCUT2D eigenvalue weighted by atomic mass is 16.3. The van der Waals surface area contributed by atoms with Crippen LogP contribution in [0.15, 0.2) is 29.5 Å². The minimum absolute atomic E-state index is 0.00889. The molecule has 1 aliphatic heterocycles. The average Bonchev–Trinajstić information content (AvgIpc) is 2.77. The molecule has 2 heterocycles. The SMILES string of the molecule is Oc1ccc(C2N=CNc3nc[nH]c32)c(O)c1. The molecule has 1 aliphatic rings. The van der Waals surface area contributed by atoms with Crippen LogP contribution in [0.5, 0.6) is 11.5 Å². The zero-order valence-electron chi connectivity index (χ0n) is 8.75. The lowest BCUT2D eigenvalue weighted by atomic mass is 10.0. The molecule has 1 aromatic heterocycles. The molecule has 17 heavy (non-hydrogen) atoms. The minimum atomic E-state index is -0.339. The summed E-state index contributed by atoms with van der Waals surface area (Å²) in [5.41, 5.74) is 1.40. The standard InChI is InChI=1S/C11H10N4O2/c16-6-1-2-7(8(17)3-6)9-10-11(14-4-12-9)15-5-13-10/h1-5,9,16-17H,(H,12,14)(H,13,15). The number of nitrogens with zero attached hydrogens (tertiary/aromatic N) is 2. The summed E-state index contributed by atoms with van der Waals surface area (Å²) in [7, 11) is 0. The lowest BCUT2D eigenvalue weighted by molar-refractivity contribution is 0.444. The smallest absolute Gasteiger partial charge is 0.154 e. The first-order valence-electron chi connectivity index (χ1n) is 5.09. The first-order chi connectivity index (χ1) is 8.25. The molecule has 1 aromatic carbocycles. The summed E-state index contributed by atoms with van der Waals surface area (Å²) in [4.78, 5) is 11.3. The van der Waals surface area contributed by atoms with Gasteiger partial charge in [-0.1, -0.05) is 0 Å². The van der Waals surface area contributed by atoms with E-state index in [9.17, 15) is 10.2 Å². The molecular formula is C11H10N4O2. The molecule has 0 radical (unpaired) electrons. The number of hydrogen-bond acceptors (Lipinski definition) is 5. The number of phenols is 2. The van der Waals surface area contributed by atoms with E-state index < -0.39 is 0 Å². The van der Waals surface area contributed by atoms with Gasteiger partial charge in [0.05, 0.1) is 18.4 Å². The summed E-state index contributed by atoms with van der Waals surface area (Å²) >= 11 is 0. The van der Waals surface area contributed by atoms with Crippen LogP contribution in [0.3, 0.4) is 0 Å². The molecule has 0 aliphatic carbocycles. The van der Waals surface area contributed by atoms with E-state index in [1.807, 2.05) is 0 Å². The highest BCUT2D eigenvalue weighted by Crippen LogP contribution is 2.37. The van der Waals surface area contributed by atoms with Crippen molar-refractivity contribution in [1.82, 2.24) is 9.97 Å². The number of aromatic amines is 1. The van der Waals surface area contributed by atoms with Crippen LogP contribution in [-0.4, -0.2) is 26.5 Å². The van der Waals surface area contributed by atoms with Crippen LogP contribution in [-0.2, 0) is 0 Å². The predicted molar refractivity (Wildman–Crippen MR) is 62.3 cm³/mol. The molecule has 1 unspecified atom stereocenters. The molecule has 0 saturated carbocycles. The molecule has 6 nitrogen and oxygen atoms in total. The Hall–Kier alpha value is -2.50. The van der Waals surface area contributed by atoms with Crippen molar-refractivity contribution >= 4 is 12.2 Å². The molecule has 4 N–H and O–H groups in total. The van der Waals surface area contributed by atoms with Crippen molar-refractivity contribution in [2.45, 2.75) is 6.04 Å². The molecule has 0 fully saturated rings. The van der Waals surface area contributed by atoms with Crippen LogP contribution in [0.1, 0.15) is 17.3 Å². The molecule has 0 amide bonds. The van der Waals surface area contributed by atoms with E-state index in [0.29, 0.717) is 11.4 Å². The van der Waals surface area contributed by atoms with Crippen molar-refractivity contribution in [3.63, 3.8) is 0 Å². The number of aliphatic imine (C=N–C) groups is 1. The second-order valence-corrected chi connectivity index (χ2v) is 3.73. The van der Waals surface area contributed by atoms with Gasteiger partial charge in [0.1, 0.15) is 17.5 Å². The van der Waals surface area contributed by atoms with Gasteiger partial charge in [-0.2, -0.15) is 0 Å². The number of nitrogens with one attached hydrogen (secondary N) is 2. The van der Waals surface area contributed by atoms with Gasteiger partial charge in [-0.15, -0.1) is 0 Å². The second-order valence-electron chi connectivity index (χ2n) is 3.73. The van der Waals surface area contributed by atoms with E-state index in [1.54, 1.807) is 18.7 Å². The van der Waals surface area contributed by atoms with Crippen LogP contribution >= 0.6 is 0 Å². The lowest BCUT2D eigenvalue weighted by Gasteiger charge is -2.17. The van der Waals surface area contributed by atoms with Crippen LogP contribution in [0, 0.1) is 0 Å². The quantitative estimate of drug-likeness (QED) is 0.595. The average molecular weight is 230 g/mol. The van der Waals surface area contributed by atoms with Crippen molar-refractivity contribution < 1.29 is 10.2 Å². The number of aromatic hydroxyl groups is 2. The second kappa shape index (κ2) is 3.51. The number of hydrogen-bond donors (Lipinski definition) is 4. The van der Waals surface area contributed by atoms with E-state index in [2.05, 4.69) is 20.3 Å².